The Morgan fingerprint density at radius 1 is 1.21 bits per heavy atom. The van der Waals surface area contributed by atoms with Gasteiger partial charge in [-0.2, -0.15) is 13.2 Å². The summed E-state index contributed by atoms with van der Waals surface area (Å²) in [6, 6.07) is 6.24. The van der Waals surface area contributed by atoms with E-state index < -0.39 is 32.2 Å². The second-order valence-electron chi connectivity index (χ2n) is 3.46. The molecule has 106 valence electrons. The molecule has 0 radical (unpaired) electrons. The summed E-state index contributed by atoms with van der Waals surface area (Å²) >= 11 is 0. The second kappa shape index (κ2) is 6.83. The van der Waals surface area contributed by atoms with Crippen molar-refractivity contribution in [2.75, 3.05) is 25.7 Å². The molecule has 0 aliphatic carbocycles. The molecule has 0 bridgehead atoms. The first-order valence-electron chi connectivity index (χ1n) is 5.15. The molecule has 1 aromatic rings. The highest BCUT2D eigenvalue weighted by molar-refractivity contribution is 5.71. The van der Waals surface area contributed by atoms with Crippen LogP contribution in [0.3, 0.4) is 0 Å². The average molecular weight is 279 g/mol. The van der Waals surface area contributed by atoms with Gasteiger partial charge in [0.05, 0.1) is 0 Å². The first-order valence-corrected chi connectivity index (χ1v) is 5.15. The van der Waals surface area contributed by atoms with Crippen LogP contribution in [-0.4, -0.2) is 32.2 Å². The van der Waals surface area contributed by atoms with Crippen molar-refractivity contribution < 1.29 is 32.2 Å². The summed E-state index contributed by atoms with van der Waals surface area (Å²) in [6.45, 7) is -2.68. The summed E-state index contributed by atoms with van der Waals surface area (Å²) < 4.78 is 48.5. The molecule has 1 rings (SSSR count). The molecule has 8 heteroatoms. The van der Waals surface area contributed by atoms with Crippen molar-refractivity contribution >= 4 is 11.7 Å². The number of ether oxygens (including phenoxy) is 3. The number of nitrogen functional groups attached to an aromatic ring is 1. The first-order chi connectivity index (χ1) is 8.87. The highest BCUT2D eigenvalue weighted by Crippen LogP contribution is 2.14. The number of carbonyl (C=O) groups is 1. The Hall–Kier alpha value is -1.96. The van der Waals surface area contributed by atoms with Crippen LogP contribution < -0.4 is 10.5 Å². The first kappa shape index (κ1) is 15.1. The smallest absolute Gasteiger partial charge is 0.411 e. The Kier molecular flexibility index (Phi) is 5.43. The molecule has 0 saturated heterocycles. The number of halogens is 3. The van der Waals surface area contributed by atoms with Crippen molar-refractivity contribution in [3.05, 3.63) is 24.3 Å². The summed E-state index contributed by atoms with van der Waals surface area (Å²) in [5, 5.41) is 0. The lowest BCUT2D eigenvalue weighted by Crippen LogP contribution is -2.21. The van der Waals surface area contributed by atoms with Gasteiger partial charge in [-0.15, -0.1) is 0 Å². The summed E-state index contributed by atoms with van der Waals surface area (Å²) in [6.07, 6.45) is -4.45. The standard InChI is InChI=1S/C11H12F3NO4/c12-11(13,14)6-17-7-19-10(16)5-18-9-3-1-8(15)2-4-9/h1-4H,5-7,15H2. The van der Waals surface area contributed by atoms with Crippen molar-refractivity contribution in [2.24, 2.45) is 0 Å². The van der Waals surface area contributed by atoms with E-state index in [4.69, 9.17) is 10.5 Å². The van der Waals surface area contributed by atoms with Crippen LogP contribution in [0.2, 0.25) is 0 Å². The van der Waals surface area contributed by atoms with Gasteiger partial charge in [0, 0.05) is 5.69 Å². The molecule has 0 fully saturated rings. The Bertz CT molecular complexity index is 405. The van der Waals surface area contributed by atoms with Gasteiger partial charge in [-0.3, -0.25) is 0 Å². The maximum absolute atomic E-state index is 11.7. The number of hydrogen-bond donors (Lipinski definition) is 1. The third kappa shape index (κ3) is 7.14. The number of hydrogen-bond acceptors (Lipinski definition) is 5. The van der Waals surface area contributed by atoms with Gasteiger partial charge in [-0.1, -0.05) is 0 Å². The number of rotatable bonds is 6. The van der Waals surface area contributed by atoms with Crippen LogP contribution in [0, 0.1) is 0 Å². The fourth-order valence-corrected chi connectivity index (χ4v) is 1.01. The highest BCUT2D eigenvalue weighted by atomic mass is 19.4. The fraction of sp³-hybridized carbons (Fsp3) is 0.364. The number of carbonyl (C=O) groups excluding carboxylic acids is 1. The zero-order valence-corrected chi connectivity index (χ0v) is 9.77. The summed E-state index contributed by atoms with van der Waals surface area (Å²) in [7, 11) is 0. The third-order valence-electron chi connectivity index (χ3n) is 1.81. The van der Waals surface area contributed by atoms with E-state index in [-0.39, 0.29) is 0 Å². The van der Waals surface area contributed by atoms with Crippen LogP contribution in [0.15, 0.2) is 24.3 Å². The van der Waals surface area contributed by atoms with E-state index in [1.807, 2.05) is 0 Å². The number of alkyl halides is 3. The van der Waals surface area contributed by atoms with Crippen molar-refractivity contribution in [1.82, 2.24) is 0 Å². The van der Waals surface area contributed by atoms with Gasteiger partial charge in [0.25, 0.3) is 0 Å². The minimum atomic E-state index is -4.45. The van der Waals surface area contributed by atoms with E-state index >= 15 is 0 Å². The molecule has 0 aliphatic rings. The molecular formula is C11H12F3NO4. The molecule has 0 aliphatic heterocycles. The minimum absolute atomic E-state index is 0.391. The Balaban J connectivity index is 2.16. The lowest BCUT2D eigenvalue weighted by Gasteiger charge is -2.09. The molecule has 19 heavy (non-hydrogen) atoms. The van der Waals surface area contributed by atoms with Crippen molar-refractivity contribution in [3.8, 4) is 5.75 Å². The minimum Gasteiger partial charge on any atom is -0.482 e. The predicted molar refractivity (Wildman–Crippen MR) is 59.3 cm³/mol. The van der Waals surface area contributed by atoms with Crippen molar-refractivity contribution in [3.63, 3.8) is 0 Å². The largest absolute Gasteiger partial charge is 0.482 e. The Labute approximate surface area is 107 Å². The van der Waals surface area contributed by atoms with Gasteiger partial charge in [0.15, 0.2) is 13.4 Å². The summed E-state index contributed by atoms with van der Waals surface area (Å²) in [5.74, 6) is -0.443. The maximum atomic E-state index is 11.7. The van der Waals surface area contributed by atoms with Gasteiger partial charge < -0.3 is 19.9 Å². The van der Waals surface area contributed by atoms with E-state index in [0.29, 0.717) is 11.4 Å². The molecule has 0 unspecified atom stereocenters. The highest BCUT2D eigenvalue weighted by Gasteiger charge is 2.27. The van der Waals surface area contributed by atoms with E-state index in [2.05, 4.69) is 9.47 Å². The van der Waals surface area contributed by atoms with Gasteiger partial charge in [-0.05, 0) is 24.3 Å². The van der Waals surface area contributed by atoms with Crippen LogP contribution in [0.5, 0.6) is 5.75 Å². The molecule has 0 saturated carbocycles. The second-order valence-corrected chi connectivity index (χ2v) is 3.46. The number of anilines is 1. The number of nitrogens with two attached hydrogens (primary N) is 1. The molecular weight excluding hydrogens is 267 g/mol. The van der Waals surface area contributed by atoms with Gasteiger partial charge >= 0.3 is 12.1 Å². The van der Waals surface area contributed by atoms with Crippen LogP contribution in [0.4, 0.5) is 18.9 Å². The topological polar surface area (TPSA) is 70.8 Å². The Morgan fingerprint density at radius 3 is 2.42 bits per heavy atom. The monoisotopic (exact) mass is 279 g/mol. The van der Waals surface area contributed by atoms with E-state index in [9.17, 15) is 18.0 Å². The molecule has 0 heterocycles. The Morgan fingerprint density at radius 2 is 1.84 bits per heavy atom. The van der Waals surface area contributed by atoms with Crippen LogP contribution in [0.1, 0.15) is 0 Å². The predicted octanol–water partition coefficient (Wildman–Crippen LogP) is 1.73. The summed E-state index contributed by atoms with van der Waals surface area (Å²) in [5.41, 5.74) is 5.98. The van der Waals surface area contributed by atoms with Crippen LogP contribution >= 0.6 is 0 Å². The molecule has 5 nitrogen and oxygen atoms in total. The molecule has 0 amide bonds. The van der Waals surface area contributed by atoms with Crippen LogP contribution in [0.25, 0.3) is 0 Å². The number of esters is 1. The molecule has 0 atom stereocenters. The average Bonchev–Trinajstić information content (AvgIpc) is 2.33. The van der Waals surface area contributed by atoms with E-state index in [1.165, 1.54) is 0 Å². The normalized spacial score (nSPS) is 11.1. The maximum Gasteiger partial charge on any atom is 0.411 e. The van der Waals surface area contributed by atoms with Crippen LogP contribution in [-0.2, 0) is 14.3 Å². The lowest BCUT2D eigenvalue weighted by atomic mass is 10.3. The molecule has 0 aromatic heterocycles. The van der Waals surface area contributed by atoms with Crippen molar-refractivity contribution in [2.45, 2.75) is 6.18 Å². The van der Waals surface area contributed by atoms with E-state index in [1.54, 1.807) is 24.3 Å². The van der Waals surface area contributed by atoms with Gasteiger partial charge in [0.1, 0.15) is 12.4 Å². The van der Waals surface area contributed by atoms with Gasteiger partial charge in [0.2, 0.25) is 0 Å². The molecule has 0 spiro atoms. The van der Waals surface area contributed by atoms with E-state index in [0.717, 1.165) is 0 Å². The van der Waals surface area contributed by atoms with Gasteiger partial charge in [-0.25, -0.2) is 4.79 Å². The zero-order chi connectivity index (χ0) is 14.3. The lowest BCUT2D eigenvalue weighted by molar-refractivity contribution is -0.200. The third-order valence-corrected chi connectivity index (χ3v) is 1.81. The fourth-order valence-electron chi connectivity index (χ4n) is 1.01. The molecule has 2 N–H and O–H groups in total. The number of benzene rings is 1. The quantitative estimate of drug-likeness (QED) is 0.371. The molecule has 1 aromatic carbocycles. The summed E-state index contributed by atoms with van der Waals surface area (Å²) in [4.78, 5) is 11.1. The van der Waals surface area contributed by atoms with Crippen molar-refractivity contribution in [1.29, 1.82) is 0 Å². The zero-order valence-electron chi connectivity index (χ0n) is 9.77. The SMILES string of the molecule is Nc1ccc(OCC(=O)OCOCC(F)(F)F)cc1.